The van der Waals surface area contributed by atoms with Gasteiger partial charge in [0.1, 0.15) is 36.3 Å². The normalized spacial score (nSPS) is 20.1. The number of aromatic nitrogens is 1. The van der Waals surface area contributed by atoms with Crippen LogP contribution in [-0.2, 0) is 40.0 Å². The number of benzene rings is 2. The second kappa shape index (κ2) is 18.0. The first-order valence-electron chi connectivity index (χ1n) is 19.8. The molecule has 1 aromatic heterocycles. The van der Waals surface area contributed by atoms with Gasteiger partial charge >= 0.3 is 0 Å². The topological polar surface area (TPSA) is 225 Å². The molecule has 0 radical (unpaired) electrons. The fraction of sp³-hybridized carbons (Fsp3) is 0.500. The van der Waals surface area contributed by atoms with Crippen molar-refractivity contribution in [2.75, 3.05) is 0 Å². The molecule has 306 valence electrons. The molecule has 0 saturated carbocycles. The summed E-state index contributed by atoms with van der Waals surface area (Å²) < 4.78 is 0. The summed E-state index contributed by atoms with van der Waals surface area (Å²) in [5, 5.41) is 14.9. The van der Waals surface area contributed by atoms with E-state index in [2.05, 4.69) is 31.6 Å². The summed E-state index contributed by atoms with van der Waals surface area (Å²) in [6.45, 7) is 12.3. The summed E-state index contributed by atoms with van der Waals surface area (Å²) in [7, 11) is 0. The molecule has 0 bridgehead atoms. The smallest absolute Gasteiger partial charge is 0.247 e. The number of fused-ring (bicyclic) bond motifs is 5. The molecular formula is C42H56N8O7. The highest BCUT2D eigenvalue weighted by molar-refractivity contribution is 5.99. The SMILES string of the molecule is CC[C@H](C)[C@H](NC(=O)[C@@H](NC(C)=O)c1ccccc1)C(=O)N[C@H]1CC2c3[nH]c4ccccc4c3C[C@@H](C(=O)N[C@H](C(=O)N[C@@H](CC(C)C)C(N)=O)C(C)C)N2C1=O. The van der Waals surface area contributed by atoms with E-state index in [0.717, 1.165) is 22.2 Å². The second-order valence-electron chi connectivity index (χ2n) is 16.1. The molecule has 2 aliphatic rings. The fourth-order valence-electron chi connectivity index (χ4n) is 7.87. The third kappa shape index (κ3) is 9.46. The van der Waals surface area contributed by atoms with Crippen LogP contribution in [0.3, 0.4) is 0 Å². The highest BCUT2D eigenvalue weighted by atomic mass is 16.2. The Balaban J connectivity index is 1.41. The summed E-state index contributed by atoms with van der Waals surface area (Å²) in [5.41, 5.74) is 8.58. The maximum atomic E-state index is 14.4. The number of H-pyrrole nitrogens is 1. The van der Waals surface area contributed by atoms with Crippen molar-refractivity contribution in [3.63, 3.8) is 0 Å². The minimum Gasteiger partial charge on any atom is -0.368 e. The number of para-hydroxylation sites is 1. The predicted molar refractivity (Wildman–Crippen MR) is 214 cm³/mol. The van der Waals surface area contributed by atoms with Gasteiger partial charge in [0.15, 0.2) is 0 Å². The van der Waals surface area contributed by atoms with Gasteiger partial charge in [-0.3, -0.25) is 33.6 Å². The summed E-state index contributed by atoms with van der Waals surface area (Å²) in [4.78, 5) is 99.4. The molecule has 0 spiro atoms. The van der Waals surface area contributed by atoms with Crippen molar-refractivity contribution in [3.8, 4) is 0 Å². The molecule has 2 aliphatic heterocycles. The standard InChI is InChI=1S/C42H56N8O7/c1-8-23(6)34(49-41(56)35(44-24(7)51)25-14-10-9-11-15-25)40(55)47-30-20-31-36-27(26-16-12-13-17-28(26)45-36)19-32(50(31)42(30)57)38(53)48-33(22(4)5)39(54)46-29(37(43)52)18-21(2)3/h9-17,21-23,29-35,45H,8,18-20H2,1-7H3,(H2,43,52)(H,44,51)(H,46,54)(H,47,55)(H,48,53)(H,49,56)/t23-,29-,30-,31?,32-,33-,34-,35-/m0/s1. The summed E-state index contributed by atoms with van der Waals surface area (Å²) in [6.07, 6.45) is 1.13. The van der Waals surface area contributed by atoms with Gasteiger partial charge in [-0.1, -0.05) is 96.5 Å². The minimum absolute atomic E-state index is 0.0701. The predicted octanol–water partition coefficient (Wildman–Crippen LogP) is 2.42. The van der Waals surface area contributed by atoms with E-state index in [1.54, 1.807) is 44.2 Å². The van der Waals surface area contributed by atoms with E-state index in [4.69, 9.17) is 5.73 Å². The number of nitrogens with one attached hydrogen (secondary N) is 6. The Kier molecular flexibility index (Phi) is 13.4. The Morgan fingerprint density at radius 2 is 1.51 bits per heavy atom. The highest BCUT2D eigenvalue weighted by Gasteiger charge is 2.51. The van der Waals surface area contributed by atoms with Gasteiger partial charge in [-0.15, -0.1) is 0 Å². The molecule has 15 nitrogen and oxygen atoms in total. The molecule has 8 N–H and O–H groups in total. The van der Waals surface area contributed by atoms with E-state index in [1.807, 2.05) is 52.0 Å². The summed E-state index contributed by atoms with van der Waals surface area (Å²) >= 11 is 0. The lowest BCUT2D eigenvalue weighted by molar-refractivity contribution is -0.143. The quantitative estimate of drug-likeness (QED) is 0.115. The number of carbonyl (C=O) groups is 7. The Labute approximate surface area is 333 Å². The summed E-state index contributed by atoms with van der Waals surface area (Å²) in [6, 6.07) is 9.54. The number of nitrogens with two attached hydrogens (primary N) is 1. The van der Waals surface area contributed by atoms with Crippen molar-refractivity contribution in [1.82, 2.24) is 36.5 Å². The third-order valence-corrected chi connectivity index (χ3v) is 11.0. The van der Waals surface area contributed by atoms with Crippen LogP contribution < -0.4 is 32.3 Å². The first-order valence-corrected chi connectivity index (χ1v) is 19.8. The van der Waals surface area contributed by atoms with E-state index in [-0.39, 0.29) is 30.6 Å². The number of nitrogens with zero attached hydrogens (tertiary/aromatic N) is 1. The van der Waals surface area contributed by atoms with Crippen LogP contribution >= 0.6 is 0 Å². The second-order valence-corrected chi connectivity index (χ2v) is 16.1. The molecule has 0 aliphatic carbocycles. The minimum atomic E-state index is -1.06. The lowest BCUT2D eigenvalue weighted by Crippen LogP contribution is -2.60. The molecule has 3 heterocycles. The van der Waals surface area contributed by atoms with E-state index in [0.29, 0.717) is 18.4 Å². The summed E-state index contributed by atoms with van der Waals surface area (Å²) in [5.74, 6) is -4.53. The molecule has 3 aromatic rings. The van der Waals surface area contributed by atoms with Crippen molar-refractivity contribution in [2.45, 2.75) is 116 Å². The van der Waals surface area contributed by atoms with Gasteiger partial charge in [-0.2, -0.15) is 0 Å². The lowest BCUT2D eigenvalue weighted by Gasteiger charge is -2.37. The first kappa shape index (κ1) is 42.4. The van der Waals surface area contributed by atoms with Gasteiger partial charge in [0.2, 0.25) is 41.4 Å². The number of hydrogen-bond acceptors (Lipinski definition) is 7. The van der Waals surface area contributed by atoms with Crippen LogP contribution in [0.2, 0.25) is 0 Å². The molecule has 1 fully saturated rings. The Hall–Kier alpha value is -5.73. The molecular weight excluding hydrogens is 729 g/mol. The van der Waals surface area contributed by atoms with Crippen LogP contribution in [0.5, 0.6) is 0 Å². The number of amides is 7. The highest BCUT2D eigenvalue weighted by Crippen LogP contribution is 2.43. The average molecular weight is 785 g/mol. The van der Waals surface area contributed by atoms with Crippen LogP contribution in [0.1, 0.15) is 96.6 Å². The van der Waals surface area contributed by atoms with E-state index in [1.165, 1.54) is 11.8 Å². The van der Waals surface area contributed by atoms with Gasteiger partial charge < -0.3 is 42.2 Å². The van der Waals surface area contributed by atoms with Crippen molar-refractivity contribution in [2.24, 2.45) is 23.5 Å². The fourth-order valence-corrected chi connectivity index (χ4v) is 7.87. The van der Waals surface area contributed by atoms with Crippen molar-refractivity contribution >= 4 is 52.3 Å². The van der Waals surface area contributed by atoms with Crippen molar-refractivity contribution in [1.29, 1.82) is 0 Å². The maximum Gasteiger partial charge on any atom is 0.247 e. The zero-order valence-electron chi connectivity index (χ0n) is 33.7. The zero-order chi connectivity index (χ0) is 41.7. The number of carbonyl (C=O) groups excluding carboxylic acids is 7. The van der Waals surface area contributed by atoms with Crippen molar-refractivity contribution < 1.29 is 33.6 Å². The molecule has 15 heteroatoms. The maximum absolute atomic E-state index is 14.4. The lowest BCUT2D eigenvalue weighted by atomic mass is 9.91. The number of aromatic amines is 1. The zero-order valence-corrected chi connectivity index (χ0v) is 33.7. The Bertz CT molecular complexity index is 2000. The average Bonchev–Trinajstić information content (AvgIpc) is 3.70. The van der Waals surface area contributed by atoms with Gasteiger partial charge in [-0.25, -0.2) is 0 Å². The molecule has 1 unspecified atom stereocenters. The van der Waals surface area contributed by atoms with Crippen LogP contribution in [0.15, 0.2) is 54.6 Å². The molecule has 5 rings (SSSR count). The van der Waals surface area contributed by atoms with Gasteiger partial charge in [0.05, 0.1) is 6.04 Å². The van der Waals surface area contributed by atoms with Gasteiger partial charge in [0, 0.05) is 36.4 Å². The molecule has 7 amide bonds. The number of rotatable bonds is 16. The van der Waals surface area contributed by atoms with Crippen LogP contribution in [0.25, 0.3) is 10.9 Å². The van der Waals surface area contributed by atoms with E-state index in [9.17, 15) is 33.6 Å². The van der Waals surface area contributed by atoms with E-state index < -0.39 is 83.6 Å². The first-order chi connectivity index (χ1) is 27.0. The molecule has 1 saturated heterocycles. The van der Waals surface area contributed by atoms with Crippen LogP contribution in [-0.4, -0.2) is 81.4 Å². The van der Waals surface area contributed by atoms with E-state index >= 15 is 0 Å². The largest absolute Gasteiger partial charge is 0.368 e. The van der Waals surface area contributed by atoms with Crippen LogP contribution in [0.4, 0.5) is 0 Å². The molecule has 57 heavy (non-hydrogen) atoms. The molecule has 8 atom stereocenters. The molecule has 2 aromatic carbocycles. The van der Waals surface area contributed by atoms with Crippen molar-refractivity contribution in [3.05, 3.63) is 71.4 Å². The number of primary amides is 1. The monoisotopic (exact) mass is 784 g/mol. The Morgan fingerprint density at radius 1 is 0.842 bits per heavy atom. The van der Waals surface area contributed by atoms with Gasteiger partial charge in [-0.05, 0) is 41.4 Å². The third-order valence-electron chi connectivity index (χ3n) is 11.0. The number of hydrogen-bond donors (Lipinski definition) is 7. The van der Waals surface area contributed by atoms with Gasteiger partial charge in [0.25, 0.3) is 0 Å². The van der Waals surface area contributed by atoms with Crippen LogP contribution in [0, 0.1) is 17.8 Å². The Morgan fingerprint density at radius 3 is 2.12 bits per heavy atom.